The standard InChI is InChI=1S/C12H12O2/c13-12(14)11-7-6-10(11)8-9-4-2-1-3-5-9/h1-5H,6-8H2,(H,13,14). The number of benzene rings is 1. The number of allylic oxidation sites excluding steroid dienone is 1. The van der Waals surface area contributed by atoms with Crippen molar-refractivity contribution >= 4 is 5.97 Å². The van der Waals surface area contributed by atoms with Crippen molar-refractivity contribution in [1.29, 1.82) is 0 Å². The van der Waals surface area contributed by atoms with E-state index >= 15 is 0 Å². The number of carbonyl (C=O) groups is 1. The lowest BCUT2D eigenvalue weighted by atomic mass is 9.84. The quantitative estimate of drug-likeness (QED) is 0.790. The molecule has 0 atom stereocenters. The molecule has 1 aromatic rings. The number of carboxylic acid groups (broad SMARTS) is 1. The molecule has 72 valence electrons. The van der Waals surface area contributed by atoms with Gasteiger partial charge in [-0.25, -0.2) is 4.79 Å². The third-order valence-corrected chi connectivity index (χ3v) is 2.62. The molecule has 0 saturated heterocycles. The van der Waals surface area contributed by atoms with Gasteiger partial charge in [-0.1, -0.05) is 35.9 Å². The van der Waals surface area contributed by atoms with Crippen molar-refractivity contribution in [2.45, 2.75) is 19.3 Å². The Kier molecular flexibility index (Phi) is 2.35. The van der Waals surface area contributed by atoms with Crippen LogP contribution in [0.5, 0.6) is 0 Å². The molecule has 0 saturated carbocycles. The smallest absolute Gasteiger partial charge is 0.331 e. The summed E-state index contributed by atoms with van der Waals surface area (Å²) in [5.74, 6) is -0.748. The molecular weight excluding hydrogens is 176 g/mol. The van der Waals surface area contributed by atoms with Gasteiger partial charge in [-0.05, 0) is 24.8 Å². The molecule has 2 heteroatoms. The highest BCUT2D eigenvalue weighted by Crippen LogP contribution is 2.30. The van der Waals surface area contributed by atoms with Crippen molar-refractivity contribution in [1.82, 2.24) is 0 Å². The molecule has 14 heavy (non-hydrogen) atoms. The molecule has 0 radical (unpaired) electrons. The second-order valence-corrected chi connectivity index (χ2v) is 3.55. The number of rotatable bonds is 3. The SMILES string of the molecule is O=C(O)C1=C(Cc2ccccc2)CC1. The van der Waals surface area contributed by atoms with Crippen molar-refractivity contribution < 1.29 is 9.90 Å². The predicted octanol–water partition coefficient (Wildman–Crippen LogP) is 2.40. The van der Waals surface area contributed by atoms with Crippen LogP contribution in [-0.4, -0.2) is 11.1 Å². The summed E-state index contributed by atoms with van der Waals surface area (Å²) >= 11 is 0. The van der Waals surface area contributed by atoms with E-state index in [2.05, 4.69) is 0 Å². The molecule has 2 rings (SSSR count). The molecule has 1 aliphatic carbocycles. The Morgan fingerprint density at radius 1 is 1.21 bits per heavy atom. The first-order chi connectivity index (χ1) is 6.77. The Balaban J connectivity index is 2.13. The maximum absolute atomic E-state index is 10.7. The minimum absolute atomic E-state index is 0.619. The minimum atomic E-state index is -0.748. The first kappa shape index (κ1) is 9.00. The van der Waals surface area contributed by atoms with Gasteiger partial charge in [-0.15, -0.1) is 0 Å². The number of carboxylic acids is 1. The highest BCUT2D eigenvalue weighted by atomic mass is 16.4. The van der Waals surface area contributed by atoms with Crippen LogP contribution in [0.25, 0.3) is 0 Å². The lowest BCUT2D eigenvalue weighted by Gasteiger charge is -2.20. The maximum atomic E-state index is 10.7. The average molecular weight is 188 g/mol. The number of hydrogen-bond donors (Lipinski definition) is 1. The van der Waals surface area contributed by atoms with Gasteiger partial charge in [0, 0.05) is 5.57 Å². The van der Waals surface area contributed by atoms with Crippen LogP contribution in [0.4, 0.5) is 0 Å². The van der Waals surface area contributed by atoms with Crippen LogP contribution in [0.15, 0.2) is 41.5 Å². The summed E-state index contributed by atoms with van der Waals surface area (Å²) in [6, 6.07) is 10.00. The third-order valence-electron chi connectivity index (χ3n) is 2.62. The van der Waals surface area contributed by atoms with Crippen molar-refractivity contribution in [3.05, 3.63) is 47.0 Å². The predicted molar refractivity (Wildman–Crippen MR) is 54.0 cm³/mol. The Bertz CT molecular complexity index is 377. The molecule has 0 amide bonds. The van der Waals surface area contributed by atoms with Gasteiger partial charge in [0.05, 0.1) is 0 Å². The van der Waals surface area contributed by atoms with Gasteiger partial charge in [0.2, 0.25) is 0 Å². The van der Waals surface area contributed by atoms with Gasteiger partial charge in [0.1, 0.15) is 0 Å². The minimum Gasteiger partial charge on any atom is -0.478 e. The third kappa shape index (κ3) is 1.69. The Morgan fingerprint density at radius 2 is 1.93 bits per heavy atom. The highest BCUT2D eigenvalue weighted by Gasteiger charge is 2.22. The van der Waals surface area contributed by atoms with Crippen LogP contribution in [0.2, 0.25) is 0 Å². The molecule has 0 aliphatic heterocycles. The molecule has 0 bridgehead atoms. The molecule has 1 aromatic carbocycles. The van der Waals surface area contributed by atoms with E-state index in [9.17, 15) is 4.79 Å². The summed E-state index contributed by atoms with van der Waals surface area (Å²) in [5.41, 5.74) is 2.90. The summed E-state index contributed by atoms with van der Waals surface area (Å²) in [5, 5.41) is 8.82. The Morgan fingerprint density at radius 3 is 2.43 bits per heavy atom. The van der Waals surface area contributed by atoms with Gasteiger partial charge in [0.15, 0.2) is 0 Å². The second-order valence-electron chi connectivity index (χ2n) is 3.55. The van der Waals surface area contributed by atoms with Gasteiger partial charge in [-0.2, -0.15) is 0 Å². The van der Waals surface area contributed by atoms with Crippen LogP contribution < -0.4 is 0 Å². The lowest BCUT2D eigenvalue weighted by Crippen LogP contribution is -2.14. The van der Waals surface area contributed by atoms with Gasteiger partial charge in [0.25, 0.3) is 0 Å². The summed E-state index contributed by atoms with van der Waals surface area (Å²) in [6.45, 7) is 0. The fourth-order valence-corrected chi connectivity index (χ4v) is 1.72. The van der Waals surface area contributed by atoms with E-state index in [1.54, 1.807) is 0 Å². The summed E-state index contributed by atoms with van der Waals surface area (Å²) < 4.78 is 0. The van der Waals surface area contributed by atoms with E-state index in [-0.39, 0.29) is 0 Å². The van der Waals surface area contributed by atoms with Crippen LogP contribution in [-0.2, 0) is 11.2 Å². The first-order valence-corrected chi connectivity index (χ1v) is 4.75. The monoisotopic (exact) mass is 188 g/mol. The topological polar surface area (TPSA) is 37.3 Å². The average Bonchev–Trinajstić information content (AvgIpc) is 2.13. The van der Waals surface area contributed by atoms with Gasteiger partial charge in [-0.3, -0.25) is 0 Å². The second kappa shape index (κ2) is 3.66. The molecule has 0 aromatic heterocycles. The zero-order valence-corrected chi connectivity index (χ0v) is 7.86. The molecule has 2 nitrogen and oxygen atoms in total. The summed E-state index contributed by atoms with van der Waals surface area (Å²) in [6.07, 6.45) is 2.47. The molecule has 1 aliphatic rings. The zero-order chi connectivity index (χ0) is 9.97. The number of hydrogen-bond acceptors (Lipinski definition) is 1. The van der Waals surface area contributed by atoms with Crippen LogP contribution in [0, 0.1) is 0 Å². The fraction of sp³-hybridized carbons (Fsp3) is 0.250. The molecule has 0 fully saturated rings. The van der Waals surface area contributed by atoms with Crippen molar-refractivity contribution in [2.75, 3.05) is 0 Å². The van der Waals surface area contributed by atoms with Gasteiger partial charge < -0.3 is 5.11 Å². The van der Waals surface area contributed by atoms with Crippen molar-refractivity contribution in [2.24, 2.45) is 0 Å². The van der Waals surface area contributed by atoms with Crippen LogP contribution in [0.1, 0.15) is 18.4 Å². The van der Waals surface area contributed by atoms with Crippen molar-refractivity contribution in [3.8, 4) is 0 Å². The molecule has 0 heterocycles. The molecule has 0 unspecified atom stereocenters. The van der Waals surface area contributed by atoms with E-state index in [1.165, 1.54) is 5.56 Å². The lowest BCUT2D eigenvalue weighted by molar-refractivity contribution is -0.133. The first-order valence-electron chi connectivity index (χ1n) is 4.75. The largest absolute Gasteiger partial charge is 0.478 e. The van der Waals surface area contributed by atoms with E-state index < -0.39 is 5.97 Å². The van der Waals surface area contributed by atoms with E-state index in [0.29, 0.717) is 5.57 Å². The van der Waals surface area contributed by atoms with Crippen molar-refractivity contribution in [3.63, 3.8) is 0 Å². The van der Waals surface area contributed by atoms with E-state index in [1.807, 2.05) is 30.3 Å². The number of aliphatic carboxylic acids is 1. The maximum Gasteiger partial charge on any atom is 0.331 e. The highest BCUT2D eigenvalue weighted by molar-refractivity contribution is 5.89. The Labute approximate surface area is 82.9 Å². The molecule has 1 N–H and O–H groups in total. The Hall–Kier alpha value is -1.57. The summed E-state index contributed by atoms with van der Waals surface area (Å²) in [4.78, 5) is 10.7. The summed E-state index contributed by atoms with van der Waals surface area (Å²) in [7, 11) is 0. The van der Waals surface area contributed by atoms with E-state index in [4.69, 9.17) is 5.11 Å². The van der Waals surface area contributed by atoms with Crippen LogP contribution >= 0.6 is 0 Å². The zero-order valence-electron chi connectivity index (χ0n) is 7.86. The van der Waals surface area contributed by atoms with E-state index in [0.717, 1.165) is 24.8 Å². The fourth-order valence-electron chi connectivity index (χ4n) is 1.72. The van der Waals surface area contributed by atoms with Gasteiger partial charge >= 0.3 is 5.97 Å². The molecule has 0 spiro atoms. The normalized spacial score (nSPS) is 15.1. The molecular formula is C12H12O2. The van der Waals surface area contributed by atoms with Crippen LogP contribution in [0.3, 0.4) is 0 Å².